The predicted molar refractivity (Wildman–Crippen MR) is 79.6 cm³/mol. The van der Waals surface area contributed by atoms with E-state index in [1.807, 2.05) is 0 Å². The summed E-state index contributed by atoms with van der Waals surface area (Å²) in [6.45, 7) is 2.72. The molecule has 0 saturated heterocycles. The summed E-state index contributed by atoms with van der Waals surface area (Å²) in [5.74, 6) is -16.7. The lowest BCUT2D eigenvalue weighted by Gasteiger charge is -2.25. The monoisotopic (exact) mass is 381 g/mol. The van der Waals surface area contributed by atoms with E-state index < -0.39 is 45.2 Å². The number of aryl methyl sites for hydroxylation is 2. The van der Waals surface area contributed by atoms with Crippen molar-refractivity contribution in [2.75, 3.05) is 0 Å². The lowest BCUT2D eigenvalue weighted by Crippen LogP contribution is -2.48. The number of allylic oxidation sites excluding steroid dienone is 2. The van der Waals surface area contributed by atoms with E-state index in [-0.39, 0.29) is 10.7 Å². The summed E-state index contributed by atoms with van der Waals surface area (Å²) in [5, 5.41) is 0.271. The third-order valence-corrected chi connectivity index (χ3v) is 5.02. The first kappa shape index (κ1) is 17.9. The van der Waals surface area contributed by atoms with E-state index in [1.54, 1.807) is 0 Å². The Bertz CT molecular complexity index is 865. The van der Waals surface area contributed by atoms with Crippen LogP contribution in [0.2, 0.25) is 0 Å². The number of benzene rings is 1. The van der Waals surface area contributed by atoms with Crippen LogP contribution in [-0.2, 0) is 0 Å². The summed E-state index contributed by atoms with van der Waals surface area (Å²) in [6, 6.07) is 3.05. The van der Waals surface area contributed by atoms with Crippen LogP contribution in [0, 0.1) is 19.7 Å². The fraction of sp³-hybridized carbons (Fsp3) is 0.312. The summed E-state index contributed by atoms with van der Waals surface area (Å²) >= 11 is 0.627. The second-order valence-electron chi connectivity index (χ2n) is 5.63. The van der Waals surface area contributed by atoms with Gasteiger partial charge in [-0.2, -0.15) is 26.3 Å². The Morgan fingerprint density at radius 1 is 0.840 bits per heavy atom. The van der Waals surface area contributed by atoms with E-state index in [0.717, 1.165) is 24.3 Å². The van der Waals surface area contributed by atoms with Crippen LogP contribution in [-0.4, -0.2) is 22.8 Å². The number of aromatic nitrogens is 1. The lowest BCUT2D eigenvalue weighted by atomic mass is 9.98. The largest absolute Gasteiger partial charge is 0.380 e. The van der Waals surface area contributed by atoms with Crippen molar-refractivity contribution in [3.8, 4) is 0 Å². The van der Waals surface area contributed by atoms with E-state index in [2.05, 4.69) is 4.98 Å². The molecular weight excluding hydrogens is 371 g/mol. The molecule has 1 heterocycles. The fourth-order valence-corrected chi connectivity index (χ4v) is 3.79. The van der Waals surface area contributed by atoms with Gasteiger partial charge in [0.15, 0.2) is 0 Å². The van der Waals surface area contributed by atoms with Crippen molar-refractivity contribution in [3.05, 3.63) is 51.2 Å². The topological polar surface area (TPSA) is 12.9 Å². The van der Waals surface area contributed by atoms with Crippen LogP contribution in [0.1, 0.15) is 21.1 Å². The van der Waals surface area contributed by atoms with Gasteiger partial charge in [0.1, 0.15) is 5.82 Å². The van der Waals surface area contributed by atoms with Gasteiger partial charge in [-0.25, -0.2) is 9.37 Å². The molecular formula is C16H10F7NS. The fourth-order valence-electron chi connectivity index (χ4n) is 2.79. The summed E-state index contributed by atoms with van der Waals surface area (Å²) in [4.78, 5) is 3.43. The first-order chi connectivity index (χ1) is 11.4. The third kappa shape index (κ3) is 2.32. The molecule has 1 aromatic carbocycles. The van der Waals surface area contributed by atoms with Crippen LogP contribution in [0.15, 0.2) is 24.3 Å². The van der Waals surface area contributed by atoms with Gasteiger partial charge < -0.3 is 0 Å². The van der Waals surface area contributed by atoms with E-state index in [1.165, 1.54) is 13.8 Å². The van der Waals surface area contributed by atoms with Gasteiger partial charge >= 0.3 is 17.8 Å². The van der Waals surface area contributed by atoms with Crippen molar-refractivity contribution in [3.63, 3.8) is 0 Å². The first-order valence-electron chi connectivity index (χ1n) is 7.00. The van der Waals surface area contributed by atoms with Crippen molar-refractivity contribution in [2.24, 2.45) is 0 Å². The molecule has 134 valence electrons. The zero-order chi connectivity index (χ0) is 18.8. The maximum atomic E-state index is 14.4. The number of alkyl halides is 6. The van der Waals surface area contributed by atoms with Crippen molar-refractivity contribution in [1.82, 2.24) is 4.98 Å². The minimum absolute atomic E-state index is 0.0507. The predicted octanol–water partition coefficient (Wildman–Crippen LogP) is 5.73. The first-order valence-corrected chi connectivity index (χ1v) is 7.82. The highest BCUT2D eigenvalue weighted by Gasteiger charge is 2.80. The third-order valence-electron chi connectivity index (χ3n) is 3.93. The van der Waals surface area contributed by atoms with Gasteiger partial charge in [0, 0.05) is 5.57 Å². The number of hydrogen-bond acceptors (Lipinski definition) is 2. The quantitative estimate of drug-likeness (QED) is 0.606. The molecule has 0 atom stereocenters. The van der Waals surface area contributed by atoms with Gasteiger partial charge in [0.2, 0.25) is 0 Å². The van der Waals surface area contributed by atoms with Crippen LogP contribution >= 0.6 is 11.3 Å². The Balaban J connectivity index is 2.41. The minimum Gasteiger partial charge on any atom is -0.246 e. The summed E-state index contributed by atoms with van der Waals surface area (Å²) in [5.41, 5.74) is -3.61. The normalized spacial score (nSPS) is 21.0. The molecule has 0 unspecified atom stereocenters. The highest BCUT2D eigenvalue weighted by atomic mass is 32.1. The SMILES string of the molecule is Cc1nc(C)c(C2=C(c3ccc(F)cc3)C(F)(F)C(F)(F)C2(F)F)s1. The highest BCUT2D eigenvalue weighted by molar-refractivity contribution is 7.13. The molecule has 3 rings (SSSR count). The van der Waals surface area contributed by atoms with E-state index in [0.29, 0.717) is 11.3 Å². The van der Waals surface area contributed by atoms with Crippen LogP contribution < -0.4 is 0 Å². The summed E-state index contributed by atoms with van der Waals surface area (Å²) < 4.78 is 98.4. The van der Waals surface area contributed by atoms with Crippen molar-refractivity contribution in [1.29, 1.82) is 0 Å². The molecule has 25 heavy (non-hydrogen) atoms. The van der Waals surface area contributed by atoms with Crippen LogP contribution in [0.4, 0.5) is 30.7 Å². The minimum atomic E-state index is -5.62. The Kier molecular flexibility index (Phi) is 3.79. The highest BCUT2D eigenvalue weighted by Crippen LogP contribution is 2.65. The number of nitrogens with zero attached hydrogens (tertiary/aromatic N) is 1. The zero-order valence-electron chi connectivity index (χ0n) is 12.8. The van der Waals surface area contributed by atoms with Gasteiger partial charge in [-0.15, -0.1) is 11.3 Å². The van der Waals surface area contributed by atoms with Crippen molar-refractivity contribution < 1.29 is 30.7 Å². The van der Waals surface area contributed by atoms with Crippen LogP contribution in [0.3, 0.4) is 0 Å². The summed E-state index contributed by atoms with van der Waals surface area (Å²) in [7, 11) is 0. The molecule has 0 bridgehead atoms. The molecule has 2 aromatic rings. The van der Waals surface area contributed by atoms with Gasteiger partial charge in [0.25, 0.3) is 0 Å². The van der Waals surface area contributed by atoms with Gasteiger partial charge in [-0.05, 0) is 31.5 Å². The number of thiazole rings is 1. The standard InChI is InChI=1S/C16H10F7NS/c1-7-13(25-8(2)24-7)12-11(9-3-5-10(17)6-4-9)14(18,19)16(22,23)15(12,20)21/h3-6H,1-2H3. The van der Waals surface area contributed by atoms with Crippen LogP contribution in [0.5, 0.6) is 0 Å². The Hall–Kier alpha value is -1.90. The smallest absolute Gasteiger partial charge is 0.246 e. The number of hydrogen-bond donors (Lipinski definition) is 0. The average molecular weight is 381 g/mol. The second-order valence-corrected chi connectivity index (χ2v) is 6.83. The van der Waals surface area contributed by atoms with Gasteiger partial charge in [-0.3, -0.25) is 0 Å². The molecule has 1 aliphatic rings. The zero-order valence-corrected chi connectivity index (χ0v) is 13.6. The molecule has 0 spiro atoms. The molecule has 1 nitrogen and oxygen atoms in total. The lowest BCUT2D eigenvalue weighted by molar-refractivity contribution is -0.254. The molecule has 1 aliphatic carbocycles. The van der Waals surface area contributed by atoms with E-state index in [9.17, 15) is 30.7 Å². The Labute approximate surface area is 141 Å². The Morgan fingerprint density at radius 2 is 1.36 bits per heavy atom. The maximum Gasteiger partial charge on any atom is 0.380 e. The molecule has 0 radical (unpaired) electrons. The maximum absolute atomic E-state index is 14.4. The molecule has 0 fully saturated rings. The van der Waals surface area contributed by atoms with E-state index >= 15 is 0 Å². The molecule has 0 saturated carbocycles. The number of rotatable bonds is 2. The molecule has 9 heteroatoms. The average Bonchev–Trinajstić information content (AvgIpc) is 2.87. The van der Waals surface area contributed by atoms with Gasteiger partial charge in [-0.1, -0.05) is 12.1 Å². The second kappa shape index (κ2) is 5.30. The molecule has 0 N–H and O–H groups in total. The van der Waals surface area contributed by atoms with Crippen molar-refractivity contribution in [2.45, 2.75) is 31.6 Å². The number of halogens is 7. The molecule has 1 aromatic heterocycles. The van der Waals surface area contributed by atoms with Crippen molar-refractivity contribution >= 4 is 22.5 Å². The van der Waals surface area contributed by atoms with E-state index in [4.69, 9.17) is 0 Å². The molecule has 0 amide bonds. The molecule has 0 aliphatic heterocycles. The van der Waals surface area contributed by atoms with Gasteiger partial charge in [0.05, 0.1) is 21.2 Å². The summed E-state index contributed by atoms with van der Waals surface area (Å²) in [6.07, 6.45) is 0. The Morgan fingerprint density at radius 3 is 1.84 bits per heavy atom. The van der Waals surface area contributed by atoms with Crippen LogP contribution in [0.25, 0.3) is 11.1 Å².